The topological polar surface area (TPSA) is 112 Å². The summed E-state index contributed by atoms with van der Waals surface area (Å²) < 4.78 is 59.6. The van der Waals surface area contributed by atoms with Crippen molar-refractivity contribution in [3.8, 4) is 0 Å². The third-order valence-corrected chi connectivity index (χ3v) is 4.19. The number of hydrogen-bond donors (Lipinski definition) is 2. The van der Waals surface area contributed by atoms with Gasteiger partial charge in [0, 0.05) is 0 Å². The van der Waals surface area contributed by atoms with Gasteiger partial charge in [-0.3, -0.25) is 9.11 Å². The lowest BCUT2D eigenvalue weighted by Crippen LogP contribution is -2.29. The van der Waals surface area contributed by atoms with E-state index in [4.69, 9.17) is 9.11 Å². The Kier molecular flexibility index (Phi) is 8.75. The highest BCUT2D eigenvalue weighted by Gasteiger charge is 2.10. The molecule has 116 valence electrons. The van der Waals surface area contributed by atoms with Crippen molar-refractivity contribution >= 4 is 20.2 Å². The zero-order valence-corrected chi connectivity index (χ0v) is 12.8. The van der Waals surface area contributed by atoms with Gasteiger partial charge >= 0.3 is 0 Å². The Hall–Kier alpha value is -0.220. The lowest BCUT2D eigenvalue weighted by molar-refractivity contribution is 0.270. The highest BCUT2D eigenvalue weighted by atomic mass is 32.2. The van der Waals surface area contributed by atoms with Crippen LogP contribution in [0.2, 0.25) is 0 Å². The monoisotopic (exact) mass is 317 g/mol. The van der Waals surface area contributed by atoms with E-state index in [0.29, 0.717) is 25.9 Å². The van der Waals surface area contributed by atoms with Crippen LogP contribution in [-0.2, 0) is 20.2 Å². The fourth-order valence-corrected chi connectivity index (χ4v) is 2.65. The normalized spacial score (nSPS) is 13.1. The summed E-state index contributed by atoms with van der Waals surface area (Å²) in [4.78, 5) is 1.94. The number of nitrogens with zero attached hydrogens (tertiary/aromatic N) is 1. The molecule has 0 saturated carbocycles. The van der Waals surface area contributed by atoms with Gasteiger partial charge in [-0.05, 0) is 38.9 Å². The van der Waals surface area contributed by atoms with Crippen LogP contribution in [0.5, 0.6) is 0 Å². The molecule has 0 aromatic rings. The summed E-state index contributed by atoms with van der Waals surface area (Å²) in [5.41, 5.74) is 0. The van der Waals surface area contributed by atoms with Gasteiger partial charge in [0.2, 0.25) is 0 Å². The van der Waals surface area contributed by atoms with E-state index in [-0.39, 0.29) is 11.5 Å². The molecule has 0 aliphatic rings. The highest BCUT2D eigenvalue weighted by Crippen LogP contribution is 2.01. The van der Waals surface area contributed by atoms with Crippen molar-refractivity contribution in [1.82, 2.24) is 4.90 Å². The third-order valence-electron chi connectivity index (χ3n) is 2.58. The Labute approximate surface area is 115 Å². The summed E-state index contributed by atoms with van der Waals surface area (Å²) in [6.45, 7) is 3.72. The fraction of sp³-hybridized carbons (Fsp3) is 1.00. The lowest BCUT2D eigenvalue weighted by atomic mass is 10.3. The molecule has 0 aliphatic heterocycles. The second-order valence-corrected chi connectivity index (χ2v) is 7.62. The molecule has 0 heterocycles. The predicted octanol–water partition coefficient (Wildman–Crippen LogP) is 0.644. The van der Waals surface area contributed by atoms with Crippen molar-refractivity contribution in [3.63, 3.8) is 0 Å². The number of rotatable bonds is 11. The van der Waals surface area contributed by atoms with E-state index in [1.165, 1.54) is 0 Å². The molecule has 0 aliphatic carbocycles. The Morgan fingerprint density at radius 2 is 1.16 bits per heavy atom. The Morgan fingerprint density at radius 3 is 1.47 bits per heavy atom. The third kappa shape index (κ3) is 14.0. The molecule has 0 fully saturated rings. The van der Waals surface area contributed by atoms with Gasteiger partial charge in [0.25, 0.3) is 20.2 Å². The van der Waals surface area contributed by atoms with Gasteiger partial charge in [-0.1, -0.05) is 13.3 Å². The van der Waals surface area contributed by atoms with Gasteiger partial charge in [0.1, 0.15) is 0 Å². The van der Waals surface area contributed by atoms with Crippen LogP contribution in [0.15, 0.2) is 0 Å². The largest absolute Gasteiger partial charge is 0.303 e. The second kappa shape index (κ2) is 8.85. The Morgan fingerprint density at radius 1 is 0.789 bits per heavy atom. The van der Waals surface area contributed by atoms with Crippen molar-refractivity contribution in [1.29, 1.82) is 0 Å². The molecule has 2 N–H and O–H groups in total. The lowest BCUT2D eigenvalue weighted by Gasteiger charge is -2.21. The van der Waals surface area contributed by atoms with Gasteiger partial charge in [0.05, 0.1) is 11.5 Å². The molecule has 0 saturated heterocycles. The molecule has 19 heavy (non-hydrogen) atoms. The first-order valence-corrected chi connectivity index (χ1v) is 9.48. The minimum absolute atomic E-state index is 0.298. The van der Waals surface area contributed by atoms with Crippen molar-refractivity contribution < 1.29 is 25.9 Å². The number of hydrogen-bond acceptors (Lipinski definition) is 5. The molecule has 9 heteroatoms. The molecule has 0 amide bonds. The van der Waals surface area contributed by atoms with E-state index in [0.717, 1.165) is 19.4 Å². The van der Waals surface area contributed by atoms with Gasteiger partial charge in [-0.2, -0.15) is 16.8 Å². The van der Waals surface area contributed by atoms with E-state index in [2.05, 4.69) is 0 Å². The predicted molar refractivity (Wildman–Crippen MR) is 73.4 cm³/mol. The smallest absolute Gasteiger partial charge is 0.264 e. The summed E-state index contributed by atoms with van der Waals surface area (Å²) in [6.07, 6.45) is 2.51. The standard InChI is InChI=1S/C10H23NO6S2/c1-2-3-6-11(7-4-9-18(12,13)14)8-5-10-19(15,16)17/h2-10H2,1H3,(H,12,13,14)(H,15,16,17). The molecule has 0 rings (SSSR count). The first-order valence-electron chi connectivity index (χ1n) is 6.26. The van der Waals surface area contributed by atoms with Crippen LogP contribution in [0, 0.1) is 0 Å². The highest BCUT2D eigenvalue weighted by molar-refractivity contribution is 7.86. The van der Waals surface area contributed by atoms with Crippen molar-refractivity contribution in [2.24, 2.45) is 0 Å². The van der Waals surface area contributed by atoms with Gasteiger partial charge < -0.3 is 4.90 Å². The van der Waals surface area contributed by atoms with Crippen LogP contribution in [0.25, 0.3) is 0 Å². The minimum atomic E-state index is -3.95. The second-order valence-electron chi connectivity index (χ2n) is 4.47. The van der Waals surface area contributed by atoms with Crippen LogP contribution in [0.1, 0.15) is 32.6 Å². The van der Waals surface area contributed by atoms with Crippen LogP contribution in [0.3, 0.4) is 0 Å². The summed E-state index contributed by atoms with van der Waals surface area (Å²) in [6, 6.07) is 0. The van der Waals surface area contributed by atoms with Crippen LogP contribution >= 0.6 is 0 Å². The average Bonchev–Trinajstić information content (AvgIpc) is 2.21. The van der Waals surface area contributed by atoms with Crippen molar-refractivity contribution in [2.45, 2.75) is 32.6 Å². The van der Waals surface area contributed by atoms with Gasteiger partial charge in [-0.15, -0.1) is 0 Å². The molecular formula is C10H23NO6S2. The van der Waals surface area contributed by atoms with Crippen molar-refractivity contribution in [2.75, 3.05) is 31.1 Å². The van der Waals surface area contributed by atoms with Crippen LogP contribution < -0.4 is 0 Å². The Bertz CT molecular complexity index is 393. The summed E-state index contributed by atoms with van der Waals surface area (Å²) in [5, 5.41) is 0. The quantitative estimate of drug-likeness (QED) is 0.538. The molecular weight excluding hydrogens is 294 g/mol. The SMILES string of the molecule is CCCCN(CCCS(=O)(=O)O)CCCS(=O)(=O)O. The molecule has 0 radical (unpaired) electrons. The van der Waals surface area contributed by atoms with E-state index < -0.39 is 20.2 Å². The maximum Gasteiger partial charge on any atom is 0.264 e. The summed E-state index contributed by atoms with van der Waals surface area (Å²) in [7, 11) is -7.89. The zero-order valence-electron chi connectivity index (χ0n) is 11.2. The fourth-order valence-electron chi connectivity index (χ4n) is 1.66. The molecule has 0 spiro atoms. The van der Waals surface area contributed by atoms with Gasteiger partial charge in [-0.25, -0.2) is 0 Å². The number of unbranched alkanes of at least 4 members (excludes halogenated alkanes) is 1. The zero-order chi connectivity index (χ0) is 14.9. The van der Waals surface area contributed by atoms with Gasteiger partial charge in [0.15, 0.2) is 0 Å². The van der Waals surface area contributed by atoms with Crippen LogP contribution in [0.4, 0.5) is 0 Å². The molecule has 0 unspecified atom stereocenters. The molecule has 0 aromatic heterocycles. The molecule has 0 aromatic carbocycles. The van der Waals surface area contributed by atoms with E-state index >= 15 is 0 Å². The molecule has 7 nitrogen and oxygen atoms in total. The maximum atomic E-state index is 10.6. The first-order chi connectivity index (χ1) is 8.64. The van der Waals surface area contributed by atoms with Crippen LogP contribution in [-0.4, -0.2) is 62.0 Å². The van der Waals surface area contributed by atoms with E-state index in [1.54, 1.807) is 0 Å². The average molecular weight is 317 g/mol. The summed E-state index contributed by atoms with van der Waals surface area (Å²) in [5.74, 6) is -0.595. The first kappa shape index (κ1) is 18.8. The Balaban J connectivity index is 4.08. The van der Waals surface area contributed by atoms with E-state index in [9.17, 15) is 16.8 Å². The molecule has 0 bridgehead atoms. The minimum Gasteiger partial charge on any atom is -0.303 e. The maximum absolute atomic E-state index is 10.6. The molecule has 0 atom stereocenters. The van der Waals surface area contributed by atoms with E-state index in [1.807, 2.05) is 11.8 Å². The van der Waals surface area contributed by atoms with Crippen molar-refractivity contribution in [3.05, 3.63) is 0 Å². The summed E-state index contributed by atoms with van der Waals surface area (Å²) >= 11 is 0.